The first-order valence-electron chi connectivity index (χ1n) is 6.86. The summed E-state index contributed by atoms with van der Waals surface area (Å²) in [7, 11) is 1.33. The van der Waals surface area contributed by atoms with Crippen LogP contribution in [0.4, 0.5) is 11.4 Å². The number of rotatable bonds is 6. The van der Waals surface area contributed by atoms with Crippen molar-refractivity contribution >= 4 is 28.9 Å². The third-order valence-electron chi connectivity index (χ3n) is 3.23. The third-order valence-corrected chi connectivity index (χ3v) is 3.47. The number of benzene rings is 2. The molecule has 0 aliphatic rings. The van der Waals surface area contributed by atoms with Gasteiger partial charge in [-0.05, 0) is 36.2 Å². The van der Waals surface area contributed by atoms with Gasteiger partial charge in [-0.3, -0.25) is 10.1 Å². The Morgan fingerprint density at radius 3 is 2.78 bits per heavy atom. The van der Waals surface area contributed by atoms with Crippen molar-refractivity contribution in [1.82, 2.24) is 0 Å². The van der Waals surface area contributed by atoms with E-state index in [1.54, 1.807) is 30.3 Å². The van der Waals surface area contributed by atoms with Crippen LogP contribution in [-0.4, -0.2) is 24.5 Å². The number of hydrogen-bond donors (Lipinski definition) is 1. The van der Waals surface area contributed by atoms with Crippen LogP contribution in [0.15, 0.2) is 42.5 Å². The Kier molecular flexibility index (Phi) is 5.54. The maximum Gasteiger partial charge on any atom is 0.337 e. The van der Waals surface area contributed by atoms with Gasteiger partial charge in [0, 0.05) is 17.6 Å². The van der Waals surface area contributed by atoms with E-state index >= 15 is 0 Å². The maximum atomic E-state index is 11.5. The summed E-state index contributed by atoms with van der Waals surface area (Å²) in [5.41, 5.74) is 1.74. The van der Waals surface area contributed by atoms with Crippen LogP contribution >= 0.6 is 11.6 Å². The molecule has 6 nitrogen and oxygen atoms in total. The first-order valence-corrected chi connectivity index (χ1v) is 7.24. The molecule has 0 bridgehead atoms. The van der Waals surface area contributed by atoms with Crippen LogP contribution in [-0.2, 0) is 11.2 Å². The number of anilines is 1. The Bertz CT molecular complexity index is 734. The van der Waals surface area contributed by atoms with Crippen LogP contribution in [0.5, 0.6) is 0 Å². The quantitative estimate of drug-likeness (QED) is 0.495. The van der Waals surface area contributed by atoms with Crippen molar-refractivity contribution in [1.29, 1.82) is 0 Å². The fraction of sp³-hybridized carbons (Fsp3) is 0.188. The molecule has 0 saturated heterocycles. The van der Waals surface area contributed by atoms with Crippen LogP contribution in [0, 0.1) is 10.1 Å². The van der Waals surface area contributed by atoms with Crippen molar-refractivity contribution in [2.24, 2.45) is 0 Å². The molecule has 0 saturated carbocycles. The van der Waals surface area contributed by atoms with Crippen LogP contribution in [0.25, 0.3) is 0 Å². The normalized spacial score (nSPS) is 10.2. The lowest BCUT2D eigenvalue weighted by Gasteiger charge is -2.08. The van der Waals surface area contributed by atoms with E-state index in [0.29, 0.717) is 29.2 Å². The van der Waals surface area contributed by atoms with E-state index in [2.05, 4.69) is 10.1 Å². The monoisotopic (exact) mass is 334 g/mol. The molecule has 0 fully saturated rings. The number of carbonyl (C=O) groups excluding carboxylic acids is 1. The van der Waals surface area contributed by atoms with Crippen LogP contribution in [0.2, 0.25) is 5.02 Å². The van der Waals surface area contributed by atoms with E-state index in [9.17, 15) is 14.9 Å². The van der Waals surface area contributed by atoms with Gasteiger partial charge >= 0.3 is 5.97 Å². The van der Waals surface area contributed by atoms with Gasteiger partial charge < -0.3 is 10.1 Å². The number of nitro groups is 1. The molecule has 7 heteroatoms. The van der Waals surface area contributed by atoms with E-state index in [1.165, 1.54) is 13.2 Å². The minimum Gasteiger partial charge on any atom is -0.465 e. The Hall–Kier alpha value is -2.60. The summed E-state index contributed by atoms with van der Waals surface area (Å²) in [6.45, 7) is 0.479. The average molecular weight is 335 g/mol. The molecule has 2 rings (SSSR count). The number of carbonyl (C=O) groups is 1. The zero-order valence-electron chi connectivity index (χ0n) is 12.4. The molecule has 0 spiro atoms. The minimum atomic E-state index is -0.480. The number of nitrogens with one attached hydrogen (secondary N) is 1. The molecular weight excluding hydrogens is 320 g/mol. The van der Waals surface area contributed by atoms with Crippen LogP contribution in [0.3, 0.4) is 0 Å². The maximum absolute atomic E-state index is 11.5. The smallest absolute Gasteiger partial charge is 0.337 e. The van der Waals surface area contributed by atoms with Gasteiger partial charge in [0.2, 0.25) is 0 Å². The molecule has 0 heterocycles. The van der Waals surface area contributed by atoms with Gasteiger partial charge in [-0.15, -0.1) is 0 Å². The average Bonchev–Trinajstić information content (AvgIpc) is 2.55. The highest BCUT2D eigenvalue weighted by Gasteiger charge is 2.13. The van der Waals surface area contributed by atoms with Gasteiger partial charge in [-0.25, -0.2) is 4.79 Å². The lowest BCUT2D eigenvalue weighted by Crippen LogP contribution is -2.08. The van der Waals surface area contributed by atoms with Crippen molar-refractivity contribution in [3.8, 4) is 0 Å². The van der Waals surface area contributed by atoms with E-state index in [0.717, 1.165) is 5.56 Å². The molecular formula is C16H15ClN2O4. The van der Waals surface area contributed by atoms with Gasteiger partial charge in [0.1, 0.15) is 5.69 Å². The van der Waals surface area contributed by atoms with Crippen LogP contribution in [0.1, 0.15) is 15.9 Å². The summed E-state index contributed by atoms with van der Waals surface area (Å²) in [5, 5.41) is 14.3. The molecule has 2 aromatic rings. The third kappa shape index (κ3) is 4.43. The van der Waals surface area contributed by atoms with Crippen molar-refractivity contribution in [3.05, 3.63) is 68.7 Å². The standard InChI is InChI=1S/C16H15ClN2O4/c1-23-16(20)12-4-2-3-11(9-12)7-8-18-14-6-5-13(17)10-15(14)19(21)22/h2-6,9-10,18H,7-8H2,1H3. The zero-order chi connectivity index (χ0) is 16.8. The number of methoxy groups -OCH3 is 1. The van der Waals surface area contributed by atoms with Crippen molar-refractivity contribution in [2.45, 2.75) is 6.42 Å². The molecule has 0 aliphatic carbocycles. The van der Waals surface area contributed by atoms with Crippen molar-refractivity contribution in [2.75, 3.05) is 19.0 Å². The molecule has 0 amide bonds. The van der Waals surface area contributed by atoms with E-state index in [-0.39, 0.29) is 5.69 Å². The molecule has 1 N–H and O–H groups in total. The predicted molar refractivity (Wildman–Crippen MR) is 88.1 cm³/mol. The van der Waals surface area contributed by atoms with Crippen molar-refractivity contribution < 1.29 is 14.5 Å². The molecule has 0 aliphatic heterocycles. The summed E-state index contributed by atoms with van der Waals surface area (Å²) >= 11 is 5.78. The highest BCUT2D eigenvalue weighted by molar-refractivity contribution is 6.30. The molecule has 120 valence electrons. The van der Waals surface area contributed by atoms with E-state index in [4.69, 9.17) is 11.6 Å². The number of halogens is 1. The molecule has 23 heavy (non-hydrogen) atoms. The highest BCUT2D eigenvalue weighted by atomic mass is 35.5. The summed E-state index contributed by atoms with van der Waals surface area (Å²) in [6, 6.07) is 11.5. The second kappa shape index (κ2) is 7.60. The van der Waals surface area contributed by atoms with Gasteiger partial charge in [-0.1, -0.05) is 23.7 Å². The number of ether oxygens (including phenoxy) is 1. The van der Waals surface area contributed by atoms with Gasteiger partial charge in [0.15, 0.2) is 0 Å². The molecule has 0 atom stereocenters. The zero-order valence-corrected chi connectivity index (χ0v) is 13.2. The summed E-state index contributed by atoms with van der Waals surface area (Å²) in [6.07, 6.45) is 0.602. The number of nitro benzene ring substituents is 1. The predicted octanol–water partition coefficient (Wildman–Crippen LogP) is 3.69. The van der Waals surface area contributed by atoms with Gasteiger partial charge in [0.05, 0.1) is 17.6 Å². The number of hydrogen-bond acceptors (Lipinski definition) is 5. The van der Waals surface area contributed by atoms with Crippen LogP contribution < -0.4 is 5.32 Å². The molecule has 0 unspecified atom stereocenters. The minimum absolute atomic E-state index is 0.0687. The van der Waals surface area contributed by atoms with Gasteiger partial charge in [0.25, 0.3) is 5.69 Å². The largest absolute Gasteiger partial charge is 0.465 e. The SMILES string of the molecule is COC(=O)c1cccc(CCNc2ccc(Cl)cc2[N+](=O)[O-])c1. The second-order valence-electron chi connectivity index (χ2n) is 4.79. The fourth-order valence-electron chi connectivity index (χ4n) is 2.12. The molecule has 2 aromatic carbocycles. The van der Waals surface area contributed by atoms with Gasteiger partial charge in [-0.2, -0.15) is 0 Å². The molecule has 0 aromatic heterocycles. The number of nitrogens with zero attached hydrogens (tertiary/aromatic N) is 1. The number of esters is 1. The summed E-state index contributed by atoms with van der Waals surface area (Å²) in [5.74, 6) is -0.395. The Labute approximate surface area is 138 Å². The first-order chi connectivity index (χ1) is 11.0. The lowest BCUT2D eigenvalue weighted by molar-refractivity contribution is -0.383. The van der Waals surface area contributed by atoms with Crippen molar-refractivity contribution in [3.63, 3.8) is 0 Å². The first kappa shape index (κ1) is 16.8. The Balaban J connectivity index is 2.03. The lowest BCUT2D eigenvalue weighted by atomic mass is 10.1. The Morgan fingerprint density at radius 2 is 2.09 bits per heavy atom. The highest BCUT2D eigenvalue weighted by Crippen LogP contribution is 2.27. The second-order valence-corrected chi connectivity index (χ2v) is 5.22. The summed E-state index contributed by atoms with van der Waals surface area (Å²) in [4.78, 5) is 22.0. The topological polar surface area (TPSA) is 81.5 Å². The van der Waals surface area contributed by atoms with E-state index < -0.39 is 10.9 Å². The molecule has 0 radical (unpaired) electrons. The fourth-order valence-corrected chi connectivity index (χ4v) is 2.28. The van der Waals surface area contributed by atoms with E-state index in [1.807, 2.05) is 6.07 Å². The summed E-state index contributed by atoms with van der Waals surface area (Å²) < 4.78 is 4.68. The Morgan fingerprint density at radius 1 is 1.30 bits per heavy atom.